The predicted octanol–water partition coefficient (Wildman–Crippen LogP) is 2.81. The Morgan fingerprint density at radius 2 is 2.04 bits per heavy atom. The van der Waals surface area contributed by atoms with Crippen LogP contribution >= 0.6 is 0 Å². The minimum atomic E-state index is -4.39. The smallest absolute Gasteiger partial charge is 0.352 e. The first kappa shape index (κ1) is 17.1. The molecule has 1 aliphatic heterocycles. The fourth-order valence-electron chi connectivity index (χ4n) is 3.82. The Morgan fingerprint density at radius 1 is 1.19 bits per heavy atom. The lowest BCUT2D eigenvalue weighted by atomic mass is 10.2. The van der Waals surface area contributed by atoms with Crippen LogP contribution in [0, 0.1) is 0 Å². The molecule has 1 saturated heterocycles. The summed E-state index contributed by atoms with van der Waals surface area (Å²) in [6, 6.07) is 4.13. The third kappa shape index (κ3) is 3.20. The summed E-state index contributed by atoms with van der Waals surface area (Å²) in [6.45, 7) is 1.14. The van der Waals surface area contributed by atoms with Crippen molar-refractivity contribution >= 4 is 5.82 Å². The van der Waals surface area contributed by atoms with Gasteiger partial charge < -0.3 is 4.90 Å². The number of hydrogen-bond acceptors (Lipinski definition) is 4. The molecule has 0 N–H and O–H groups in total. The van der Waals surface area contributed by atoms with Crippen molar-refractivity contribution in [3.05, 3.63) is 51.6 Å². The highest BCUT2D eigenvalue weighted by Gasteiger charge is 2.32. The standard InChI is InChI=1S/C18H19F3N4O/c19-18(20,21)13-6-7-16(22-10-13)24-8-2-4-14(24)11-25-17(26)9-12-3-1-5-15(12)23-25/h6-7,9-10,14H,1-5,8,11H2. The normalized spacial score (nSPS) is 19.8. The molecule has 2 aromatic rings. The van der Waals surface area contributed by atoms with Gasteiger partial charge in [-0.15, -0.1) is 0 Å². The monoisotopic (exact) mass is 364 g/mol. The average Bonchev–Trinajstić information content (AvgIpc) is 3.23. The number of alkyl halides is 3. The van der Waals surface area contributed by atoms with Gasteiger partial charge >= 0.3 is 6.18 Å². The maximum absolute atomic E-state index is 12.7. The molecular weight excluding hydrogens is 345 g/mol. The molecule has 3 heterocycles. The zero-order chi connectivity index (χ0) is 18.3. The van der Waals surface area contributed by atoms with Crippen LogP contribution in [0.3, 0.4) is 0 Å². The van der Waals surface area contributed by atoms with Gasteiger partial charge in [0.15, 0.2) is 0 Å². The summed E-state index contributed by atoms with van der Waals surface area (Å²) < 4.78 is 39.6. The minimum Gasteiger partial charge on any atom is -0.352 e. The van der Waals surface area contributed by atoms with Crippen LogP contribution in [0.2, 0.25) is 0 Å². The molecule has 4 rings (SSSR count). The fourth-order valence-corrected chi connectivity index (χ4v) is 3.82. The zero-order valence-corrected chi connectivity index (χ0v) is 14.2. The van der Waals surface area contributed by atoms with Gasteiger partial charge in [-0.1, -0.05) is 0 Å². The molecule has 1 fully saturated rings. The van der Waals surface area contributed by atoms with Gasteiger partial charge in [0.25, 0.3) is 5.56 Å². The maximum atomic E-state index is 12.7. The van der Waals surface area contributed by atoms with Gasteiger partial charge in [0.1, 0.15) is 5.82 Å². The van der Waals surface area contributed by atoms with Gasteiger partial charge in [-0.3, -0.25) is 4.79 Å². The van der Waals surface area contributed by atoms with E-state index in [1.165, 1.54) is 10.7 Å². The van der Waals surface area contributed by atoms with Gasteiger partial charge in [-0.25, -0.2) is 9.67 Å². The summed E-state index contributed by atoms with van der Waals surface area (Å²) in [5.41, 5.74) is 1.16. The Morgan fingerprint density at radius 3 is 2.77 bits per heavy atom. The largest absolute Gasteiger partial charge is 0.417 e. The highest BCUT2D eigenvalue weighted by atomic mass is 19.4. The van der Waals surface area contributed by atoms with Crippen molar-refractivity contribution in [3.63, 3.8) is 0 Å². The van der Waals surface area contributed by atoms with Crippen molar-refractivity contribution in [2.45, 2.75) is 50.9 Å². The number of aromatic nitrogens is 3. The summed E-state index contributed by atoms with van der Waals surface area (Å²) in [6.07, 6.45) is 1.06. The molecule has 1 atom stereocenters. The lowest BCUT2D eigenvalue weighted by Crippen LogP contribution is -2.37. The van der Waals surface area contributed by atoms with Crippen LogP contribution in [-0.2, 0) is 25.6 Å². The summed E-state index contributed by atoms with van der Waals surface area (Å²) in [5, 5.41) is 4.50. The molecule has 5 nitrogen and oxygen atoms in total. The van der Waals surface area contributed by atoms with Crippen LogP contribution in [-0.4, -0.2) is 27.4 Å². The summed E-state index contributed by atoms with van der Waals surface area (Å²) in [4.78, 5) is 18.3. The van der Waals surface area contributed by atoms with E-state index >= 15 is 0 Å². The number of rotatable bonds is 3. The van der Waals surface area contributed by atoms with Gasteiger partial charge in [0, 0.05) is 18.8 Å². The first-order valence-electron chi connectivity index (χ1n) is 8.81. The predicted molar refractivity (Wildman–Crippen MR) is 90.1 cm³/mol. The molecule has 0 amide bonds. The van der Waals surface area contributed by atoms with Crippen molar-refractivity contribution in [2.75, 3.05) is 11.4 Å². The highest BCUT2D eigenvalue weighted by Crippen LogP contribution is 2.31. The van der Waals surface area contributed by atoms with Crippen LogP contribution in [0.25, 0.3) is 0 Å². The third-order valence-corrected chi connectivity index (χ3v) is 5.15. The molecule has 1 aliphatic carbocycles. The maximum Gasteiger partial charge on any atom is 0.417 e. The van der Waals surface area contributed by atoms with E-state index < -0.39 is 11.7 Å². The quantitative estimate of drug-likeness (QED) is 0.840. The van der Waals surface area contributed by atoms with Crippen LogP contribution in [0.15, 0.2) is 29.2 Å². The van der Waals surface area contributed by atoms with Crippen molar-refractivity contribution in [1.82, 2.24) is 14.8 Å². The van der Waals surface area contributed by atoms with E-state index in [1.807, 2.05) is 4.90 Å². The van der Waals surface area contributed by atoms with Crippen LogP contribution in [0.1, 0.15) is 36.1 Å². The second-order valence-electron chi connectivity index (χ2n) is 6.88. The van der Waals surface area contributed by atoms with Gasteiger partial charge in [0.2, 0.25) is 0 Å². The second-order valence-corrected chi connectivity index (χ2v) is 6.88. The van der Waals surface area contributed by atoms with Gasteiger partial charge in [0.05, 0.1) is 23.8 Å². The minimum absolute atomic E-state index is 0.00360. The molecule has 0 spiro atoms. The number of hydrogen-bond donors (Lipinski definition) is 0. The Kier molecular flexibility index (Phi) is 4.20. The first-order valence-corrected chi connectivity index (χ1v) is 8.81. The molecule has 0 saturated carbocycles. The van der Waals surface area contributed by atoms with Crippen LogP contribution in [0.5, 0.6) is 0 Å². The van der Waals surface area contributed by atoms with E-state index in [9.17, 15) is 18.0 Å². The third-order valence-electron chi connectivity index (χ3n) is 5.15. The molecule has 1 unspecified atom stereocenters. The molecule has 0 bridgehead atoms. The molecule has 0 aromatic carbocycles. The Balaban J connectivity index is 1.55. The van der Waals surface area contributed by atoms with E-state index in [4.69, 9.17) is 0 Å². The average molecular weight is 364 g/mol. The molecule has 8 heteroatoms. The summed E-state index contributed by atoms with van der Waals surface area (Å²) >= 11 is 0. The van der Waals surface area contributed by atoms with Gasteiger partial charge in [-0.2, -0.15) is 18.3 Å². The lowest BCUT2D eigenvalue weighted by Gasteiger charge is -2.26. The molecule has 2 aromatic heterocycles. The second kappa shape index (κ2) is 6.41. The topological polar surface area (TPSA) is 51.0 Å². The first-order chi connectivity index (χ1) is 12.4. The van der Waals surface area contributed by atoms with Crippen molar-refractivity contribution < 1.29 is 13.2 Å². The molecular formula is C18H19F3N4O. The molecule has 138 valence electrons. The number of fused-ring (bicyclic) bond motifs is 1. The summed E-state index contributed by atoms with van der Waals surface area (Å²) in [5.74, 6) is 0.509. The van der Waals surface area contributed by atoms with Crippen LogP contribution in [0.4, 0.5) is 19.0 Å². The van der Waals surface area contributed by atoms with Crippen molar-refractivity contribution in [2.24, 2.45) is 0 Å². The van der Waals surface area contributed by atoms with E-state index in [2.05, 4.69) is 10.1 Å². The Labute approximate surface area is 148 Å². The Hall–Kier alpha value is -2.38. The lowest BCUT2D eigenvalue weighted by molar-refractivity contribution is -0.137. The zero-order valence-electron chi connectivity index (χ0n) is 14.2. The van der Waals surface area contributed by atoms with Gasteiger partial charge in [-0.05, 0) is 49.8 Å². The van der Waals surface area contributed by atoms with E-state index in [-0.39, 0.29) is 11.6 Å². The molecule has 0 radical (unpaired) electrons. The van der Waals surface area contributed by atoms with E-state index in [0.29, 0.717) is 18.9 Å². The van der Waals surface area contributed by atoms with E-state index in [0.717, 1.165) is 55.6 Å². The van der Waals surface area contributed by atoms with Crippen LogP contribution < -0.4 is 10.5 Å². The van der Waals surface area contributed by atoms with E-state index in [1.54, 1.807) is 6.07 Å². The summed E-state index contributed by atoms with van der Waals surface area (Å²) in [7, 11) is 0. The molecule has 2 aliphatic rings. The highest BCUT2D eigenvalue weighted by molar-refractivity contribution is 5.42. The number of pyridine rings is 1. The SMILES string of the molecule is O=c1cc2c(nn1CC1CCCN1c1ccc(C(F)(F)F)cn1)CCC2. The van der Waals surface area contributed by atoms with Crippen molar-refractivity contribution in [3.8, 4) is 0 Å². The Bertz CT molecular complexity index is 860. The number of halogens is 3. The van der Waals surface area contributed by atoms with Crippen molar-refractivity contribution in [1.29, 1.82) is 0 Å². The number of aryl methyl sites for hydroxylation is 2. The number of nitrogens with zero attached hydrogens (tertiary/aromatic N) is 4. The molecule has 26 heavy (non-hydrogen) atoms. The number of anilines is 1. The fraction of sp³-hybridized carbons (Fsp3) is 0.500.